The summed E-state index contributed by atoms with van der Waals surface area (Å²) in [4.78, 5) is 12.3. The number of piperidine rings is 1. The zero-order chi connectivity index (χ0) is 16.1. The van der Waals surface area contributed by atoms with Crippen LogP contribution in [0.25, 0.3) is 0 Å². The number of nitrogens with one attached hydrogen (secondary N) is 2. The molecule has 23 heavy (non-hydrogen) atoms. The van der Waals surface area contributed by atoms with Gasteiger partial charge in [-0.15, -0.1) is 0 Å². The van der Waals surface area contributed by atoms with Crippen LogP contribution in [0.2, 0.25) is 0 Å². The van der Waals surface area contributed by atoms with E-state index in [9.17, 15) is 9.18 Å². The molecular formula is C17H23FN2O3. The molecule has 2 atom stereocenters. The normalized spacial score (nSPS) is 24.4. The molecule has 2 unspecified atom stereocenters. The fraction of sp³-hybridized carbons (Fsp3) is 0.588. The zero-order valence-corrected chi connectivity index (χ0v) is 13.1. The van der Waals surface area contributed by atoms with Crippen molar-refractivity contribution >= 4 is 11.6 Å². The van der Waals surface area contributed by atoms with Crippen molar-refractivity contribution in [1.82, 2.24) is 5.32 Å². The summed E-state index contributed by atoms with van der Waals surface area (Å²) in [5, 5.41) is 6.02. The number of ether oxygens (including phenoxy) is 2. The third kappa shape index (κ3) is 4.42. The van der Waals surface area contributed by atoms with Gasteiger partial charge in [0.2, 0.25) is 5.91 Å². The number of amides is 1. The predicted octanol–water partition coefficient (Wildman–Crippen LogP) is 2.32. The SMILES string of the molecule is O=C(Nc1cc(F)ccc1OCC1CCCO1)C1CCCNC1. The summed E-state index contributed by atoms with van der Waals surface area (Å²) in [5.41, 5.74) is 0.388. The maximum absolute atomic E-state index is 13.5. The van der Waals surface area contributed by atoms with E-state index in [0.29, 0.717) is 24.6 Å². The van der Waals surface area contributed by atoms with E-state index in [-0.39, 0.29) is 17.9 Å². The standard InChI is InChI=1S/C17H23FN2O3/c18-13-5-6-16(23-11-14-4-2-8-22-14)15(9-13)20-17(21)12-3-1-7-19-10-12/h5-6,9,12,14,19H,1-4,7-8,10-11H2,(H,20,21). The molecule has 1 aromatic rings. The summed E-state index contributed by atoms with van der Waals surface area (Å²) in [6.07, 6.45) is 3.90. The van der Waals surface area contributed by atoms with Gasteiger partial charge < -0.3 is 20.1 Å². The van der Waals surface area contributed by atoms with Crippen LogP contribution in [0, 0.1) is 11.7 Å². The summed E-state index contributed by atoms with van der Waals surface area (Å²) in [6, 6.07) is 4.20. The molecule has 2 N–H and O–H groups in total. The molecule has 0 spiro atoms. The first-order valence-corrected chi connectivity index (χ1v) is 8.28. The molecule has 2 fully saturated rings. The van der Waals surface area contributed by atoms with Crippen molar-refractivity contribution in [2.75, 3.05) is 31.6 Å². The minimum absolute atomic E-state index is 0.0751. The molecule has 1 aromatic carbocycles. The lowest BCUT2D eigenvalue weighted by Crippen LogP contribution is -2.37. The minimum Gasteiger partial charge on any atom is -0.489 e. The maximum atomic E-state index is 13.5. The average molecular weight is 322 g/mol. The van der Waals surface area contributed by atoms with E-state index in [2.05, 4.69) is 10.6 Å². The quantitative estimate of drug-likeness (QED) is 0.873. The lowest BCUT2D eigenvalue weighted by atomic mass is 9.99. The van der Waals surface area contributed by atoms with Crippen molar-refractivity contribution in [3.8, 4) is 5.75 Å². The van der Waals surface area contributed by atoms with Crippen LogP contribution < -0.4 is 15.4 Å². The van der Waals surface area contributed by atoms with Crippen LogP contribution in [0.1, 0.15) is 25.7 Å². The Bertz CT molecular complexity index is 541. The lowest BCUT2D eigenvalue weighted by molar-refractivity contribution is -0.120. The molecule has 2 aliphatic heterocycles. The molecule has 0 radical (unpaired) electrons. The summed E-state index contributed by atoms with van der Waals surface area (Å²) in [7, 11) is 0. The Hall–Kier alpha value is -1.66. The molecule has 2 aliphatic rings. The van der Waals surface area contributed by atoms with Crippen molar-refractivity contribution in [1.29, 1.82) is 0 Å². The highest BCUT2D eigenvalue weighted by Crippen LogP contribution is 2.27. The van der Waals surface area contributed by atoms with Gasteiger partial charge in [0.25, 0.3) is 0 Å². The fourth-order valence-corrected chi connectivity index (χ4v) is 2.99. The third-order valence-electron chi connectivity index (χ3n) is 4.32. The van der Waals surface area contributed by atoms with Crippen molar-refractivity contribution in [2.24, 2.45) is 5.92 Å². The van der Waals surface area contributed by atoms with Crippen LogP contribution in [0.5, 0.6) is 5.75 Å². The van der Waals surface area contributed by atoms with E-state index in [1.165, 1.54) is 12.1 Å². The molecule has 6 heteroatoms. The van der Waals surface area contributed by atoms with Crippen LogP contribution in [0.3, 0.4) is 0 Å². The molecule has 2 saturated heterocycles. The number of anilines is 1. The van der Waals surface area contributed by atoms with Gasteiger partial charge in [-0.3, -0.25) is 4.79 Å². The first-order valence-electron chi connectivity index (χ1n) is 8.28. The summed E-state index contributed by atoms with van der Waals surface area (Å²) < 4.78 is 24.8. The molecule has 3 rings (SSSR count). The summed E-state index contributed by atoms with van der Waals surface area (Å²) in [6.45, 7) is 2.78. The minimum atomic E-state index is -0.397. The van der Waals surface area contributed by atoms with Crippen molar-refractivity contribution in [3.05, 3.63) is 24.0 Å². The Morgan fingerprint density at radius 1 is 1.39 bits per heavy atom. The monoisotopic (exact) mass is 322 g/mol. The van der Waals surface area contributed by atoms with Gasteiger partial charge in [-0.2, -0.15) is 0 Å². The smallest absolute Gasteiger partial charge is 0.228 e. The van der Waals surface area contributed by atoms with Gasteiger partial charge in [0.1, 0.15) is 18.2 Å². The van der Waals surface area contributed by atoms with Crippen molar-refractivity contribution in [2.45, 2.75) is 31.8 Å². The molecular weight excluding hydrogens is 299 g/mol. The van der Waals surface area contributed by atoms with E-state index in [0.717, 1.165) is 38.8 Å². The second kappa shape index (κ2) is 7.75. The van der Waals surface area contributed by atoms with Gasteiger partial charge in [0.05, 0.1) is 17.7 Å². The largest absolute Gasteiger partial charge is 0.489 e. The van der Waals surface area contributed by atoms with E-state index in [1.807, 2.05) is 0 Å². The number of halogens is 1. The van der Waals surface area contributed by atoms with Gasteiger partial charge in [-0.1, -0.05) is 0 Å². The number of hydrogen-bond donors (Lipinski definition) is 2. The molecule has 0 saturated carbocycles. The van der Waals surface area contributed by atoms with Crippen LogP contribution in [-0.4, -0.2) is 38.3 Å². The molecule has 0 aliphatic carbocycles. The maximum Gasteiger partial charge on any atom is 0.228 e. The predicted molar refractivity (Wildman–Crippen MR) is 85.1 cm³/mol. The Morgan fingerprint density at radius 3 is 3.04 bits per heavy atom. The summed E-state index contributed by atoms with van der Waals surface area (Å²) in [5.74, 6) is -0.0895. The second-order valence-corrected chi connectivity index (χ2v) is 6.12. The van der Waals surface area contributed by atoms with E-state index < -0.39 is 5.82 Å². The highest BCUT2D eigenvalue weighted by molar-refractivity contribution is 5.94. The van der Waals surface area contributed by atoms with Gasteiger partial charge in [-0.25, -0.2) is 4.39 Å². The number of carbonyl (C=O) groups excluding carboxylic acids is 1. The van der Waals surface area contributed by atoms with Crippen LogP contribution in [0.4, 0.5) is 10.1 Å². The topological polar surface area (TPSA) is 59.6 Å². The molecule has 1 amide bonds. The average Bonchev–Trinajstić information content (AvgIpc) is 3.08. The fourth-order valence-electron chi connectivity index (χ4n) is 2.99. The Kier molecular flexibility index (Phi) is 5.46. The third-order valence-corrected chi connectivity index (χ3v) is 4.32. The van der Waals surface area contributed by atoms with Crippen LogP contribution >= 0.6 is 0 Å². The van der Waals surface area contributed by atoms with E-state index in [4.69, 9.17) is 9.47 Å². The second-order valence-electron chi connectivity index (χ2n) is 6.12. The highest BCUT2D eigenvalue weighted by Gasteiger charge is 2.22. The first-order chi connectivity index (χ1) is 11.2. The number of rotatable bonds is 5. The van der Waals surface area contributed by atoms with Crippen LogP contribution in [0.15, 0.2) is 18.2 Å². The van der Waals surface area contributed by atoms with Crippen molar-refractivity contribution in [3.63, 3.8) is 0 Å². The first kappa shape index (κ1) is 16.2. The van der Waals surface area contributed by atoms with Gasteiger partial charge in [0, 0.05) is 19.2 Å². The number of benzene rings is 1. The van der Waals surface area contributed by atoms with Gasteiger partial charge >= 0.3 is 0 Å². The molecule has 126 valence electrons. The van der Waals surface area contributed by atoms with E-state index in [1.54, 1.807) is 6.07 Å². The van der Waals surface area contributed by atoms with Crippen LogP contribution in [-0.2, 0) is 9.53 Å². The Morgan fingerprint density at radius 2 is 2.30 bits per heavy atom. The summed E-state index contributed by atoms with van der Waals surface area (Å²) >= 11 is 0. The van der Waals surface area contributed by atoms with Crippen molar-refractivity contribution < 1.29 is 18.7 Å². The van der Waals surface area contributed by atoms with Gasteiger partial charge in [0.15, 0.2) is 0 Å². The number of hydrogen-bond acceptors (Lipinski definition) is 4. The molecule has 5 nitrogen and oxygen atoms in total. The number of carbonyl (C=O) groups is 1. The zero-order valence-electron chi connectivity index (χ0n) is 13.1. The Labute approximate surface area is 135 Å². The molecule has 0 aromatic heterocycles. The Balaban J connectivity index is 1.64. The highest BCUT2D eigenvalue weighted by atomic mass is 19.1. The molecule has 2 heterocycles. The van der Waals surface area contributed by atoms with Gasteiger partial charge in [-0.05, 0) is 44.4 Å². The van der Waals surface area contributed by atoms with E-state index >= 15 is 0 Å². The molecule has 0 bridgehead atoms. The lowest BCUT2D eigenvalue weighted by Gasteiger charge is -2.22.